The van der Waals surface area contributed by atoms with Crippen LogP contribution in [0.1, 0.15) is 5.56 Å². The first-order chi connectivity index (χ1) is 8.20. The maximum absolute atomic E-state index is 10.3. The summed E-state index contributed by atoms with van der Waals surface area (Å²) in [5.74, 6) is -0.433. The molecule has 0 aliphatic rings. The summed E-state index contributed by atoms with van der Waals surface area (Å²) < 4.78 is 0. The van der Waals surface area contributed by atoms with Crippen molar-refractivity contribution in [3.8, 4) is 0 Å². The van der Waals surface area contributed by atoms with E-state index in [2.05, 4.69) is 13.2 Å². The summed E-state index contributed by atoms with van der Waals surface area (Å²) in [6.07, 6.45) is 9.90. The summed E-state index contributed by atoms with van der Waals surface area (Å²) in [5.41, 5.74) is 6.01. The Morgan fingerprint density at radius 3 is 2.12 bits per heavy atom. The van der Waals surface area contributed by atoms with Crippen LogP contribution in [0.3, 0.4) is 0 Å². The van der Waals surface area contributed by atoms with Crippen molar-refractivity contribution in [2.75, 3.05) is 0 Å². The van der Waals surface area contributed by atoms with Crippen molar-refractivity contribution < 1.29 is 4.79 Å². The van der Waals surface area contributed by atoms with Gasteiger partial charge in [0.15, 0.2) is 0 Å². The van der Waals surface area contributed by atoms with Crippen molar-refractivity contribution >= 4 is 12.0 Å². The second-order valence-electron chi connectivity index (χ2n) is 3.00. The lowest BCUT2D eigenvalue weighted by molar-refractivity contribution is -0.113. The van der Waals surface area contributed by atoms with Gasteiger partial charge in [0, 0.05) is 6.08 Å². The van der Waals surface area contributed by atoms with E-state index >= 15 is 0 Å². The number of hydrogen-bond donors (Lipinski definition) is 1. The first kappa shape index (κ1) is 14.6. The molecule has 2 heteroatoms. The Morgan fingerprint density at radius 2 is 1.65 bits per heavy atom. The number of primary amides is 1. The van der Waals surface area contributed by atoms with Gasteiger partial charge in [-0.05, 0) is 5.56 Å². The van der Waals surface area contributed by atoms with E-state index in [0.29, 0.717) is 0 Å². The number of allylic oxidation sites excluding steroid dienone is 4. The molecule has 0 aromatic heterocycles. The van der Waals surface area contributed by atoms with Crippen molar-refractivity contribution in [3.63, 3.8) is 0 Å². The van der Waals surface area contributed by atoms with E-state index in [1.807, 2.05) is 36.4 Å². The zero-order valence-electron chi connectivity index (χ0n) is 9.75. The van der Waals surface area contributed by atoms with E-state index < -0.39 is 5.91 Å². The Bertz CT molecular complexity index is 396. The molecule has 0 saturated heterocycles. The number of amides is 1. The minimum Gasteiger partial charge on any atom is -0.366 e. The van der Waals surface area contributed by atoms with Crippen LogP contribution < -0.4 is 5.73 Å². The molecular formula is C15H17NO. The predicted molar refractivity (Wildman–Crippen MR) is 74.2 cm³/mol. The maximum Gasteiger partial charge on any atom is 0.241 e. The molecule has 0 atom stereocenters. The third-order valence-electron chi connectivity index (χ3n) is 1.63. The van der Waals surface area contributed by atoms with Crippen LogP contribution in [0.15, 0.2) is 73.9 Å². The highest BCUT2D eigenvalue weighted by Crippen LogP contribution is 2.00. The monoisotopic (exact) mass is 227 g/mol. The van der Waals surface area contributed by atoms with E-state index in [4.69, 9.17) is 5.73 Å². The average molecular weight is 227 g/mol. The van der Waals surface area contributed by atoms with E-state index in [1.165, 1.54) is 6.08 Å². The van der Waals surface area contributed by atoms with Crippen molar-refractivity contribution in [1.29, 1.82) is 0 Å². The van der Waals surface area contributed by atoms with Crippen LogP contribution in [0.5, 0.6) is 0 Å². The molecule has 17 heavy (non-hydrogen) atoms. The maximum atomic E-state index is 10.3. The summed E-state index contributed by atoms with van der Waals surface area (Å²) in [5, 5.41) is 0. The zero-order valence-corrected chi connectivity index (χ0v) is 9.75. The fraction of sp³-hybridized carbons (Fsp3) is 0. The van der Waals surface area contributed by atoms with Gasteiger partial charge in [0.05, 0.1) is 0 Å². The summed E-state index contributed by atoms with van der Waals surface area (Å²) in [7, 11) is 0. The number of nitrogens with two attached hydrogens (primary N) is 1. The van der Waals surface area contributed by atoms with Gasteiger partial charge in [-0.1, -0.05) is 73.9 Å². The minimum absolute atomic E-state index is 0.433. The van der Waals surface area contributed by atoms with Gasteiger partial charge in [0.1, 0.15) is 0 Å². The van der Waals surface area contributed by atoms with Crippen LogP contribution in [-0.2, 0) is 4.79 Å². The van der Waals surface area contributed by atoms with Gasteiger partial charge in [-0.25, -0.2) is 0 Å². The van der Waals surface area contributed by atoms with Gasteiger partial charge < -0.3 is 5.73 Å². The summed E-state index contributed by atoms with van der Waals surface area (Å²) in [6, 6.07) is 9.83. The number of carbonyl (C=O) groups excluding carboxylic acids is 1. The van der Waals surface area contributed by atoms with E-state index in [0.717, 1.165) is 5.56 Å². The molecule has 0 fully saturated rings. The summed E-state index contributed by atoms with van der Waals surface area (Å²) >= 11 is 0. The molecule has 2 N–H and O–H groups in total. The molecule has 0 unspecified atom stereocenters. The topological polar surface area (TPSA) is 43.1 Å². The molecule has 1 aromatic carbocycles. The molecule has 1 rings (SSSR count). The molecule has 2 nitrogen and oxygen atoms in total. The number of carbonyl (C=O) groups is 1. The van der Waals surface area contributed by atoms with Crippen LogP contribution >= 0.6 is 0 Å². The van der Waals surface area contributed by atoms with E-state index in [9.17, 15) is 4.79 Å². The number of benzene rings is 1. The first-order valence-corrected chi connectivity index (χ1v) is 5.13. The highest BCUT2D eigenvalue weighted by atomic mass is 16.1. The highest BCUT2D eigenvalue weighted by Gasteiger charge is 1.81. The summed E-state index contributed by atoms with van der Waals surface area (Å²) in [4.78, 5) is 10.3. The molecule has 1 amide bonds. The molecule has 0 saturated carbocycles. The largest absolute Gasteiger partial charge is 0.366 e. The van der Waals surface area contributed by atoms with Gasteiger partial charge in [-0.3, -0.25) is 4.79 Å². The van der Waals surface area contributed by atoms with Gasteiger partial charge in [-0.15, -0.1) is 0 Å². The molecule has 88 valence electrons. The SMILES string of the molecule is C=CC=C.NC(=O)C=CC=Cc1ccccc1. The fourth-order valence-electron chi connectivity index (χ4n) is 0.881. The minimum atomic E-state index is -0.433. The van der Waals surface area contributed by atoms with Crippen LogP contribution in [0.4, 0.5) is 0 Å². The fourth-order valence-corrected chi connectivity index (χ4v) is 0.881. The van der Waals surface area contributed by atoms with E-state index in [1.54, 1.807) is 24.3 Å². The standard InChI is InChI=1S/C11H11NO.C4H6/c12-11(13)9-5-4-8-10-6-2-1-3-7-10;1-3-4-2/h1-9H,(H2,12,13);3-4H,1-2H2. The van der Waals surface area contributed by atoms with Crippen molar-refractivity contribution in [1.82, 2.24) is 0 Å². The quantitative estimate of drug-likeness (QED) is 0.623. The molecule has 1 aromatic rings. The van der Waals surface area contributed by atoms with Gasteiger partial charge in [0.25, 0.3) is 0 Å². The smallest absolute Gasteiger partial charge is 0.241 e. The van der Waals surface area contributed by atoms with Crippen molar-refractivity contribution in [3.05, 3.63) is 79.4 Å². The summed E-state index contributed by atoms with van der Waals surface area (Å²) in [6.45, 7) is 6.72. The predicted octanol–water partition coefficient (Wildman–Crippen LogP) is 3.10. The second kappa shape index (κ2) is 10.2. The Kier molecular flexibility index (Phi) is 8.77. The zero-order chi connectivity index (χ0) is 12.9. The van der Waals surface area contributed by atoms with Crippen LogP contribution in [0, 0.1) is 0 Å². The molecule has 0 aliphatic heterocycles. The van der Waals surface area contributed by atoms with Crippen molar-refractivity contribution in [2.45, 2.75) is 0 Å². The number of hydrogen-bond acceptors (Lipinski definition) is 1. The van der Waals surface area contributed by atoms with Gasteiger partial charge in [0.2, 0.25) is 5.91 Å². The normalized spacial score (nSPS) is 9.65. The Hall–Kier alpha value is -2.35. The van der Waals surface area contributed by atoms with Gasteiger partial charge in [-0.2, -0.15) is 0 Å². The lowest BCUT2D eigenvalue weighted by Crippen LogP contribution is -2.04. The molecule has 0 spiro atoms. The number of rotatable bonds is 4. The van der Waals surface area contributed by atoms with Crippen LogP contribution in [0.2, 0.25) is 0 Å². The average Bonchev–Trinajstić information content (AvgIpc) is 2.36. The lowest BCUT2D eigenvalue weighted by Gasteiger charge is -1.87. The molecule has 0 radical (unpaired) electrons. The van der Waals surface area contributed by atoms with E-state index in [-0.39, 0.29) is 0 Å². The second-order valence-corrected chi connectivity index (χ2v) is 3.00. The highest BCUT2D eigenvalue weighted by molar-refractivity contribution is 5.86. The van der Waals surface area contributed by atoms with Crippen LogP contribution in [0.25, 0.3) is 6.08 Å². The first-order valence-electron chi connectivity index (χ1n) is 5.13. The molecule has 0 aliphatic carbocycles. The third-order valence-corrected chi connectivity index (χ3v) is 1.63. The lowest BCUT2D eigenvalue weighted by atomic mass is 10.2. The van der Waals surface area contributed by atoms with Crippen molar-refractivity contribution in [2.24, 2.45) is 5.73 Å². The van der Waals surface area contributed by atoms with Gasteiger partial charge >= 0.3 is 0 Å². The molecule has 0 bridgehead atoms. The molecular weight excluding hydrogens is 210 g/mol. The molecule has 0 heterocycles. The Morgan fingerprint density at radius 1 is 1.06 bits per heavy atom. The van der Waals surface area contributed by atoms with Crippen LogP contribution in [-0.4, -0.2) is 5.91 Å². The Labute approximate surface area is 102 Å². The third kappa shape index (κ3) is 9.94. The Balaban J connectivity index is 0.000000557.